The SMILES string of the molecule is COC(=O)[C@]1(C)NC(=S)OC12CCCC2. The van der Waals surface area contributed by atoms with Crippen molar-refractivity contribution in [2.75, 3.05) is 7.11 Å². The Morgan fingerprint density at radius 2 is 2.13 bits per heavy atom. The minimum Gasteiger partial charge on any atom is -0.467 e. The highest BCUT2D eigenvalue weighted by Crippen LogP contribution is 2.45. The minimum atomic E-state index is -0.824. The van der Waals surface area contributed by atoms with Crippen LogP contribution in [-0.4, -0.2) is 29.4 Å². The van der Waals surface area contributed by atoms with Crippen LogP contribution < -0.4 is 5.32 Å². The number of ether oxygens (including phenoxy) is 2. The molecule has 4 nitrogen and oxygen atoms in total. The summed E-state index contributed by atoms with van der Waals surface area (Å²) in [5.41, 5.74) is -1.31. The van der Waals surface area contributed by atoms with Crippen molar-refractivity contribution in [2.45, 2.75) is 43.7 Å². The van der Waals surface area contributed by atoms with Gasteiger partial charge in [0.05, 0.1) is 7.11 Å². The molecule has 1 saturated carbocycles. The summed E-state index contributed by atoms with van der Waals surface area (Å²) in [6, 6.07) is 0. The van der Waals surface area contributed by atoms with E-state index in [2.05, 4.69) is 5.32 Å². The number of rotatable bonds is 1. The molecule has 0 aromatic carbocycles. The van der Waals surface area contributed by atoms with E-state index in [-0.39, 0.29) is 5.97 Å². The van der Waals surface area contributed by atoms with E-state index in [4.69, 9.17) is 21.7 Å². The molecule has 1 aliphatic heterocycles. The predicted molar refractivity (Wildman–Crippen MR) is 58.4 cm³/mol. The molecule has 0 bridgehead atoms. The van der Waals surface area contributed by atoms with Crippen molar-refractivity contribution in [1.82, 2.24) is 5.32 Å². The van der Waals surface area contributed by atoms with Crippen molar-refractivity contribution in [3.63, 3.8) is 0 Å². The van der Waals surface area contributed by atoms with Gasteiger partial charge in [0.15, 0.2) is 5.54 Å². The Labute approximate surface area is 94.3 Å². The van der Waals surface area contributed by atoms with E-state index in [0.29, 0.717) is 5.17 Å². The van der Waals surface area contributed by atoms with E-state index >= 15 is 0 Å². The fourth-order valence-corrected chi connectivity index (χ4v) is 2.98. The van der Waals surface area contributed by atoms with Gasteiger partial charge in [-0.2, -0.15) is 0 Å². The topological polar surface area (TPSA) is 47.6 Å². The molecule has 1 saturated heterocycles. The Morgan fingerprint density at radius 1 is 1.53 bits per heavy atom. The zero-order valence-electron chi connectivity index (χ0n) is 8.96. The molecule has 0 radical (unpaired) electrons. The zero-order valence-corrected chi connectivity index (χ0v) is 9.78. The second-order valence-electron chi connectivity index (χ2n) is 4.33. The van der Waals surface area contributed by atoms with E-state index in [1.54, 1.807) is 0 Å². The van der Waals surface area contributed by atoms with Crippen LogP contribution in [0, 0.1) is 0 Å². The first-order valence-electron chi connectivity index (χ1n) is 5.14. The Bertz CT molecular complexity index is 312. The second-order valence-corrected chi connectivity index (χ2v) is 4.70. The van der Waals surface area contributed by atoms with Crippen LogP contribution in [0.5, 0.6) is 0 Å². The quantitative estimate of drug-likeness (QED) is 0.539. The Kier molecular flexibility index (Phi) is 2.37. The average molecular weight is 229 g/mol. The second kappa shape index (κ2) is 3.33. The molecular formula is C10H15NO3S. The molecular weight excluding hydrogens is 214 g/mol. The summed E-state index contributed by atoms with van der Waals surface area (Å²) in [7, 11) is 1.39. The standard InChI is InChI=1S/C10H15NO3S/c1-9(7(12)13-2)10(5-3-4-6-10)14-8(15)11-9/h3-6H2,1-2H3,(H,11,15)/t9-/m0/s1. The molecule has 84 valence electrons. The Morgan fingerprint density at radius 3 is 2.67 bits per heavy atom. The summed E-state index contributed by atoms with van der Waals surface area (Å²) in [4.78, 5) is 11.8. The van der Waals surface area contributed by atoms with Crippen LogP contribution in [0.4, 0.5) is 0 Å². The van der Waals surface area contributed by atoms with Gasteiger partial charge in [0.25, 0.3) is 5.17 Å². The van der Waals surface area contributed by atoms with Crippen molar-refractivity contribution in [3.05, 3.63) is 0 Å². The maximum absolute atomic E-state index is 11.8. The molecule has 1 atom stereocenters. The van der Waals surface area contributed by atoms with Gasteiger partial charge in [0.2, 0.25) is 0 Å². The van der Waals surface area contributed by atoms with Gasteiger partial charge < -0.3 is 14.8 Å². The van der Waals surface area contributed by atoms with Crippen LogP contribution in [0.25, 0.3) is 0 Å². The van der Waals surface area contributed by atoms with Gasteiger partial charge in [0, 0.05) is 0 Å². The number of hydrogen-bond donors (Lipinski definition) is 1. The molecule has 1 N–H and O–H groups in total. The fourth-order valence-electron chi connectivity index (χ4n) is 2.61. The van der Waals surface area contributed by atoms with E-state index < -0.39 is 11.1 Å². The van der Waals surface area contributed by atoms with Crippen molar-refractivity contribution in [3.8, 4) is 0 Å². The van der Waals surface area contributed by atoms with Gasteiger partial charge in [-0.25, -0.2) is 4.79 Å². The highest BCUT2D eigenvalue weighted by Gasteiger charge is 2.62. The molecule has 15 heavy (non-hydrogen) atoms. The molecule has 1 aliphatic carbocycles. The first-order chi connectivity index (χ1) is 7.04. The van der Waals surface area contributed by atoms with E-state index in [9.17, 15) is 4.79 Å². The van der Waals surface area contributed by atoms with E-state index in [1.807, 2.05) is 6.92 Å². The zero-order chi connectivity index (χ0) is 11.1. The van der Waals surface area contributed by atoms with Gasteiger partial charge in [-0.05, 0) is 44.8 Å². The number of hydrogen-bond acceptors (Lipinski definition) is 4. The summed E-state index contributed by atoms with van der Waals surface area (Å²) in [5.74, 6) is -0.302. The number of nitrogens with one attached hydrogen (secondary N) is 1. The minimum absolute atomic E-state index is 0.302. The Balaban J connectivity index is 2.36. The third kappa shape index (κ3) is 1.33. The maximum Gasteiger partial charge on any atom is 0.335 e. The van der Waals surface area contributed by atoms with Crippen molar-refractivity contribution in [1.29, 1.82) is 0 Å². The Hall–Kier alpha value is -0.840. The molecule has 0 aromatic heterocycles. The number of thiocarbonyl (C=S) groups is 1. The largest absolute Gasteiger partial charge is 0.467 e. The smallest absolute Gasteiger partial charge is 0.335 e. The summed E-state index contributed by atoms with van der Waals surface area (Å²) in [6.07, 6.45) is 3.84. The monoisotopic (exact) mass is 229 g/mol. The highest BCUT2D eigenvalue weighted by molar-refractivity contribution is 7.80. The molecule has 0 aromatic rings. The first kappa shape index (κ1) is 10.7. The molecule has 1 spiro atoms. The van der Waals surface area contributed by atoms with E-state index in [1.165, 1.54) is 7.11 Å². The summed E-state index contributed by atoms with van der Waals surface area (Å²) < 4.78 is 10.5. The number of carbonyl (C=O) groups is 1. The number of esters is 1. The molecule has 0 amide bonds. The lowest BCUT2D eigenvalue weighted by Gasteiger charge is -2.34. The number of carbonyl (C=O) groups excluding carboxylic acids is 1. The van der Waals surface area contributed by atoms with Gasteiger partial charge in [-0.3, -0.25) is 0 Å². The molecule has 5 heteroatoms. The summed E-state index contributed by atoms with van der Waals surface area (Å²) in [5, 5.41) is 3.26. The number of methoxy groups -OCH3 is 1. The van der Waals surface area contributed by atoms with Crippen molar-refractivity contribution < 1.29 is 14.3 Å². The predicted octanol–water partition coefficient (Wildman–Crippen LogP) is 1.14. The van der Waals surface area contributed by atoms with Crippen LogP contribution in [0.2, 0.25) is 0 Å². The third-order valence-corrected chi connectivity index (χ3v) is 3.74. The van der Waals surface area contributed by atoms with Gasteiger partial charge in [-0.1, -0.05) is 0 Å². The molecule has 2 aliphatic rings. The third-order valence-electron chi connectivity index (χ3n) is 3.56. The highest BCUT2D eigenvalue weighted by atomic mass is 32.1. The fraction of sp³-hybridized carbons (Fsp3) is 0.800. The van der Waals surface area contributed by atoms with Gasteiger partial charge in [-0.15, -0.1) is 0 Å². The maximum atomic E-state index is 11.8. The molecule has 2 fully saturated rings. The summed E-state index contributed by atoms with van der Waals surface area (Å²) in [6.45, 7) is 1.81. The van der Waals surface area contributed by atoms with Crippen LogP contribution in [0.15, 0.2) is 0 Å². The average Bonchev–Trinajstić information content (AvgIpc) is 2.74. The van der Waals surface area contributed by atoms with Crippen molar-refractivity contribution >= 4 is 23.4 Å². The molecule has 2 rings (SSSR count). The van der Waals surface area contributed by atoms with Crippen LogP contribution in [0.3, 0.4) is 0 Å². The van der Waals surface area contributed by atoms with Gasteiger partial charge >= 0.3 is 5.97 Å². The molecule has 1 heterocycles. The first-order valence-corrected chi connectivity index (χ1v) is 5.54. The lowest BCUT2D eigenvalue weighted by molar-refractivity contribution is -0.153. The van der Waals surface area contributed by atoms with Crippen LogP contribution in [-0.2, 0) is 14.3 Å². The van der Waals surface area contributed by atoms with Crippen LogP contribution in [0.1, 0.15) is 32.6 Å². The molecule has 0 unspecified atom stereocenters. The van der Waals surface area contributed by atoms with Gasteiger partial charge in [0.1, 0.15) is 5.60 Å². The lowest BCUT2D eigenvalue weighted by atomic mass is 9.80. The van der Waals surface area contributed by atoms with Crippen molar-refractivity contribution in [2.24, 2.45) is 0 Å². The van der Waals surface area contributed by atoms with Crippen LogP contribution >= 0.6 is 12.2 Å². The van der Waals surface area contributed by atoms with E-state index in [0.717, 1.165) is 25.7 Å². The normalized spacial score (nSPS) is 32.5. The summed E-state index contributed by atoms with van der Waals surface area (Å²) >= 11 is 5.00. The lowest BCUT2D eigenvalue weighted by Crippen LogP contribution is -2.59.